The molecule has 166 valence electrons. The summed E-state index contributed by atoms with van der Waals surface area (Å²) in [6.07, 6.45) is 14.3. The van der Waals surface area contributed by atoms with Crippen LogP contribution in [-0.4, -0.2) is 51.1 Å². The van der Waals surface area contributed by atoms with Crippen LogP contribution in [0.15, 0.2) is 29.3 Å². The number of likely N-dealkylation sites (tertiary alicyclic amines) is 1. The molecule has 0 saturated carbocycles. The maximum absolute atomic E-state index is 13.1. The minimum absolute atomic E-state index is 0.0336. The van der Waals surface area contributed by atoms with Crippen molar-refractivity contribution in [3.05, 3.63) is 40.4 Å². The Kier molecular flexibility index (Phi) is 6.71. The van der Waals surface area contributed by atoms with Gasteiger partial charge in [0.25, 0.3) is 11.1 Å². The number of hydrogen-bond donors (Lipinski definition) is 0. The van der Waals surface area contributed by atoms with Gasteiger partial charge in [0, 0.05) is 30.2 Å². The number of carbonyl (C=O) groups is 3. The Balaban J connectivity index is 1.71. The molecule has 2 aliphatic heterocycles. The Morgan fingerprint density at radius 3 is 2.62 bits per heavy atom. The molecule has 3 amide bonds. The van der Waals surface area contributed by atoms with Gasteiger partial charge in [-0.25, -0.2) is 0 Å². The van der Waals surface area contributed by atoms with Gasteiger partial charge in [0.05, 0.1) is 17.0 Å². The van der Waals surface area contributed by atoms with E-state index in [0.29, 0.717) is 4.91 Å². The summed E-state index contributed by atoms with van der Waals surface area (Å²) in [5.41, 5.74) is 2.98. The van der Waals surface area contributed by atoms with Gasteiger partial charge >= 0.3 is 0 Å². The fourth-order valence-electron chi connectivity index (χ4n) is 4.43. The molecule has 6 nitrogen and oxygen atoms in total. The fraction of sp³-hybridized carbons (Fsp3) is 0.400. The molecule has 32 heavy (non-hydrogen) atoms. The summed E-state index contributed by atoms with van der Waals surface area (Å²) in [5, 5.41) is 0.616. The van der Waals surface area contributed by atoms with Crippen molar-refractivity contribution in [2.24, 2.45) is 0 Å². The number of thioether (sulfide) groups is 1. The molecular weight excluding hydrogens is 422 g/mol. The summed E-state index contributed by atoms with van der Waals surface area (Å²) in [5.74, 6) is 2.11. The number of benzene rings is 1. The van der Waals surface area contributed by atoms with E-state index in [1.165, 1.54) is 12.8 Å². The fourth-order valence-corrected chi connectivity index (χ4v) is 5.25. The summed E-state index contributed by atoms with van der Waals surface area (Å²) >= 11 is 0.902. The smallest absolute Gasteiger partial charge is 0.294 e. The number of rotatable bonds is 5. The van der Waals surface area contributed by atoms with Crippen molar-refractivity contribution in [3.63, 3.8) is 0 Å². The molecule has 1 aromatic carbocycles. The highest BCUT2D eigenvalue weighted by Gasteiger charge is 2.34. The lowest BCUT2D eigenvalue weighted by atomic mass is 10.1. The lowest BCUT2D eigenvalue weighted by Gasteiger charge is -2.21. The Hall–Kier alpha value is -2.98. The minimum atomic E-state index is -0.369. The van der Waals surface area contributed by atoms with E-state index in [0.717, 1.165) is 71.0 Å². The number of fused-ring (bicyclic) bond motifs is 1. The second-order valence-corrected chi connectivity index (χ2v) is 9.14. The summed E-state index contributed by atoms with van der Waals surface area (Å²) in [6, 6.07) is 6.06. The number of hydrogen-bond acceptors (Lipinski definition) is 4. The van der Waals surface area contributed by atoms with Gasteiger partial charge < -0.3 is 9.47 Å². The van der Waals surface area contributed by atoms with Crippen molar-refractivity contribution in [1.29, 1.82) is 0 Å². The first-order valence-corrected chi connectivity index (χ1v) is 11.9. The number of aromatic nitrogens is 1. The molecular formula is C25H27N3O3S. The van der Waals surface area contributed by atoms with Crippen molar-refractivity contribution in [3.8, 4) is 12.3 Å². The highest BCUT2D eigenvalue weighted by molar-refractivity contribution is 8.18. The van der Waals surface area contributed by atoms with Gasteiger partial charge in [0.1, 0.15) is 6.54 Å². The van der Waals surface area contributed by atoms with Gasteiger partial charge in [0.2, 0.25) is 5.91 Å². The van der Waals surface area contributed by atoms with E-state index in [9.17, 15) is 14.4 Å². The number of aryl methyl sites for hydroxylation is 1. The van der Waals surface area contributed by atoms with Crippen molar-refractivity contribution in [2.75, 3.05) is 19.6 Å². The number of para-hydroxylation sites is 1. The van der Waals surface area contributed by atoms with Crippen LogP contribution in [0.5, 0.6) is 0 Å². The van der Waals surface area contributed by atoms with Gasteiger partial charge in [-0.3, -0.25) is 19.3 Å². The Bertz CT molecular complexity index is 1130. The van der Waals surface area contributed by atoms with E-state index < -0.39 is 0 Å². The van der Waals surface area contributed by atoms with E-state index in [2.05, 4.69) is 18.9 Å². The number of imide groups is 1. The van der Waals surface area contributed by atoms with Gasteiger partial charge in [0.15, 0.2) is 0 Å². The second kappa shape index (κ2) is 9.66. The molecule has 0 spiro atoms. The number of terminal acetylenes is 1. The van der Waals surface area contributed by atoms with Crippen molar-refractivity contribution >= 4 is 45.8 Å². The van der Waals surface area contributed by atoms with Gasteiger partial charge in [-0.05, 0) is 42.7 Å². The standard InChI is InChI=1S/C25H27N3O3S/c1-3-12-28-24(30)21(32-25(28)31)15-19-16-27(23-18(4-2)10-9-11-20(19)23)17-22(29)26-13-7-5-6-8-14-26/h1,9-11,15-16H,4-8,12-14,17H2,2H3/b21-15-. The molecule has 0 radical (unpaired) electrons. The van der Waals surface area contributed by atoms with E-state index in [4.69, 9.17) is 6.42 Å². The minimum Gasteiger partial charge on any atom is -0.341 e. The zero-order chi connectivity index (χ0) is 22.7. The molecule has 0 aliphatic carbocycles. The van der Waals surface area contributed by atoms with E-state index >= 15 is 0 Å². The van der Waals surface area contributed by atoms with Crippen LogP contribution in [0.4, 0.5) is 4.79 Å². The highest BCUT2D eigenvalue weighted by Crippen LogP contribution is 2.34. The molecule has 0 N–H and O–H groups in total. The van der Waals surface area contributed by atoms with E-state index in [1.54, 1.807) is 6.08 Å². The third-order valence-corrected chi connectivity index (χ3v) is 6.97. The van der Waals surface area contributed by atoms with E-state index in [1.807, 2.05) is 27.8 Å². The zero-order valence-electron chi connectivity index (χ0n) is 18.3. The molecule has 0 unspecified atom stereocenters. The summed E-state index contributed by atoms with van der Waals surface area (Å²) in [6.45, 7) is 3.95. The lowest BCUT2D eigenvalue weighted by Crippen LogP contribution is -2.34. The van der Waals surface area contributed by atoms with Crippen molar-refractivity contribution < 1.29 is 14.4 Å². The van der Waals surface area contributed by atoms with Gasteiger partial charge in [-0.2, -0.15) is 0 Å². The van der Waals surface area contributed by atoms with Crippen LogP contribution in [0.25, 0.3) is 17.0 Å². The number of carbonyl (C=O) groups excluding carboxylic acids is 3. The molecule has 2 saturated heterocycles. The molecule has 7 heteroatoms. The molecule has 2 aliphatic rings. The summed E-state index contributed by atoms with van der Waals surface area (Å²) < 4.78 is 2.00. The summed E-state index contributed by atoms with van der Waals surface area (Å²) in [7, 11) is 0. The average molecular weight is 450 g/mol. The predicted octanol–water partition coefficient (Wildman–Crippen LogP) is 4.28. The zero-order valence-corrected chi connectivity index (χ0v) is 19.1. The van der Waals surface area contributed by atoms with Gasteiger partial charge in [-0.15, -0.1) is 6.42 Å². The molecule has 0 atom stereocenters. The second-order valence-electron chi connectivity index (χ2n) is 8.15. The first-order chi connectivity index (χ1) is 15.5. The van der Waals surface area contributed by atoms with Crippen molar-refractivity contribution in [2.45, 2.75) is 45.6 Å². The monoisotopic (exact) mass is 449 g/mol. The van der Waals surface area contributed by atoms with E-state index in [-0.39, 0.29) is 30.1 Å². The molecule has 2 aromatic rings. The first kappa shape index (κ1) is 22.2. The molecule has 2 fully saturated rings. The largest absolute Gasteiger partial charge is 0.341 e. The number of amides is 3. The quantitative estimate of drug-likeness (QED) is 0.505. The van der Waals surface area contributed by atoms with Crippen LogP contribution in [0.2, 0.25) is 0 Å². The maximum atomic E-state index is 13.1. The third kappa shape index (κ3) is 4.33. The van der Waals surface area contributed by atoms with Crippen LogP contribution in [0, 0.1) is 12.3 Å². The van der Waals surface area contributed by atoms with Crippen LogP contribution >= 0.6 is 11.8 Å². The average Bonchev–Trinajstić information content (AvgIpc) is 3.11. The maximum Gasteiger partial charge on any atom is 0.294 e. The summed E-state index contributed by atoms with van der Waals surface area (Å²) in [4.78, 5) is 41.3. The van der Waals surface area contributed by atoms with Crippen molar-refractivity contribution in [1.82, 2.24) is 14.4 Å². The first-order valence-electron chi connectivity index (χ1n) is 11.1. The molecule has 4 rings (SSSR count). The molecule has 1 aromatic heterocycles. The van der Waals surface area contributed by atoms with Crippen LogP contribution < -0.4 is 0 Å². The lowest BCUT2D eigenvalue weighted by molar-refractivity contribution is -0.131. The molecule has 0 bridgehead atoms. The van der Waals surface area contributed by atoms with Crippen LogP contribution in [0.1, 0.15) is 43.7 Å². The highest BCUT2D eigenvalue weighted by atomic mass is 32.2. The van der Waals surface area contributed by atoms with Crippen LogP contribution in [-0.2, 0) is 22.6 Å². The number of nitrogens with zero attached hydrogens (tertiary/aromatic N) is 3. The molecule has 3 heterocycles. The Labute approximate surface area is 192 Å². The van der Waals surface area contributed by atoms with Gasteiger partial charge in [-0.1, -0.05) is 43.9 Å². The normalized spacial score (nSPS) is 18.4. The Morgan fingerprint density at radius 2 is 1.94 bits per heavy atom. The SMILES string of the molecule is C#CCN1C(=O)S/C(=C\c2cn(CC(=O)N3CCCCCC3)c3c(CC)cccc23)C1=O. The third-order valence-electron chi connectivity index (χ3n) is 6.07. The Morgan fingerprint density at radius 1 is 1.19 bits per heavy atom. The predicted molar refractivity (Wildman–Crippen MR) is 128 cm³/mol. The topological polar surface area (TPSA) is 62.6 Å². The van der Waals surface area contributed by atoms with Crippen LogP contribution in [0.3, 0.4) is 0 Å².